The summed E-state index contributed by atoms with van der Waals surface area (Å²) >= 11 is 8.31. The van der Waals surface area contributed by atoms with Gasteiger partial charge in [0.2, 0.25) is 5.89 Å². The van der Waals surface area contributed by atoms with E-state index in [0.717, 1.165) is 24.5 Å². The van der Waals surface area contributed by atoms with Crippen molar-refractivity contribution >= 4 is 50.4 Å². The van der Waals surface area contributed by atoms with Gasteiger partial charge in [-0.15, -0.1) is 43.1 Å². The molecule has 4 heterocycles. The van der Waals surface area contributed by atoms with E-state index in [-0.39, 0.29) is 0 Å². The molecular formula is C16H12BrN5OS3. The second kappa shape index (κ2) is 6.91. The normalized spacial score (nSPS) is 14.2. The number of hydrogen-bond donors (Lipinski definition) is 0. The Labute approximate surface area is 169 Å². The fraction of sp³-hybridized carbons (Fsp3) is 0.250. The maximum absolute atomic E-state index is 5.79. The molecule has 4 aromatic rings. The van der Waals surface area contributed by atoms with Gasteiger partial charge in [-0.2, -0.15) is 0 Å². The van der Waals surface area contributed by atoms with Gasteiger partial charge in [0.15, 0.2) is 11.0 Å². The van der Waals surface area contributed by atoms with Crippen molar-refractivity contribution in [3.63, 3.8) is 0 Å². The Bertz CT molecular complexity index is 1030. The molecule has 1 aliphatic carbocycles. The summed E-state index contributed by atoms with van der Waals surface area (Å²) in [5, 5.41) is 20.1. The van der Waals surface area contributed by atoms with Crippen LogP contribution in [-0.4, -0.2) is 25.0 Å². The predicted octanol–water partition coefficient (Wildman–Crippen LogP) is 5.51. The van der Waals surface area contributed by atoms with Gasteiger partial charge >= 0.3 is 0 Å². The third-order valence-corrected chi connectivity index (χ3v) is 7.30. The highest BCUT2D eigenvalue weighted by molar-refractivity contribution is 9.11. The van der Waals surface area contributed by atoms with Crippen molar-refractivity contribution in [2.75, 3.05) is 0 Å². The van der Waals surface area contributed by atoms with Crippen LogP contribution in [0.25, 0.3) is 21.5 Å². The molecule has 1 aliphatic rings. The minimum absolute atomic E-state index is 0.506. The minimum atomic E-state index is 0.506. The molecular weight excluding hydrogens is 454 g/mol. The Morgan fingerprint density at radius 3 is 2.81 bits per heavy atom. The van der Waals surface area contributed by atoms with Gasteiger partial charge in [0.25, 0.3) is 5.89 Å². The van der Waals surface area contributed by atoms with Crippen LogP contribution in [0.2, 0.25) is 0 Å². The summed E-state index contributed by atoms with van der Waals surface area (Å²) in [6, 6.07) is 8.58. The molecule has 0 aliphatic heterocycles. The number of thioether (sulfide) groups is 1. The van der Waals surface area contributed by atoms with E-state index in [2.05, 4.69) is 52.3 Å². The van der Waals surface area contributed by atoms with E-state index in [1.165, 1.54) is 12.8 Å². The molecule has 0 radical (unpaired) electrons. The van der Waals surface area contributed by atoms with Crippen LogP contribution in [0.15, 0.2) is 43.0 Å². The highest BCUT2D eigenvalue weighted by atomic mass is 79.9. The lowest BCUT2D eigenvalue weighted by Crippen LogP contribution is -1.99. The topological polar surface area (TPSA) is 69.6 Å². The van der Waals surface area contributed by atoms with Crippen molar-refractivity contribution in [1.29, 1.82) is 0 Å². The summed E-state index contributed by atoms with van der Waals surface area (Å²) in [7, 11) is 0. The molecule has 0 atom stereocenters. The largest absolute Gasteiger partial charge is 0.419 e. The van der Waals surface area contributed by atoms with Crippen molar-refractivity contribution < 1.29 is 4.42 Å². The van der Waals surface area contributed by atoms with E-state index in [1.54, 1.807) is 34.4 Å². The maximum Gasteiger partial charge on any atom is 0.257 e. The van der Waals surface area contributed by atoms with Crippen LogP contribution in [0.5, 0.6) is 0 Å². The summed E-state index contributed by atoms with van der Waals surface area (Å²) in [5.41, 5.74) is 0. The van der Waals surface area contributed by atoms with Gasteiger partial charge in [0.1, 0.15) is 0 Å². The highest BCUT2D eigenvalue weighted by Gasteiger charge is 2.30. The van der Waals surface area contributed by atoms with Gasteiger partial charge in [0, 0.05) is 6.04 Å². The Kier molecular flexibility index (Phi) is 4.43. The Hall–Kier alpha value is -1.49. The van der Waals surface area contributed by atoms with Gasteiger partial charge in [-0.05, 0) is 52.4 Å². The molecule has 6 nitrogen and oxygen atoms in total. The first kappa shape index (κ1) is 16.7. The fourth-order valence-electron chi connectivity index (χ4n) is 2.58. The number of aromatic nitrogens is 5. The lowest BCUT2D eigenvalue weighted by Gasteiger charge is -2.06. The molecule has 0 spiro atoms. The minimum Gasteiger partial charge on any atom is -0.419 e. The van der Waals surface area contributed by atoms with Crippen molar-refractivity contribution in [1.82, 2.24) is 25.0 Å². The first-order valence-electron chi connectivity index (χ1n) is 7.97. The van der Waals surface area contributed by atoms with Crippen LogP contribution in [0.3, 0.4) is 0 Å². The first-order valence-corrected chi connectivity index (χ1v) is 11.4. The molecule has 26 heavy (non-hydrogen) atoms. The zero-order valence-corrected chi connectivity index (χ0v) is 17.4. The highest BCUT2D eigenvalue weighted by Crippen LogP contribution is 2.42. The summed E-state index contributed by atoms with van der Waals surface area (Å²) < 4.78 is 9.09. The first-order chi connectivity index (χ1) is 12.8. The molecule has 0 amide bonds. The van der Waals surface area contributed by atoms with Crippen LogP contribution in [0.1, 0.15) is 24.8 Å². The predicted molar refractivity (Wildman–Crippen MR) is 106 cm³/mol. The molecule has 0 bridgehead atoms. The van der Waals surface area contributed by atoms with Crippen LogP contribution < -0.4 is 0 Å². The SMILES string of the molecule is Brc1ccc(-c2nnc(CSc3nnc(-c4cccs4)n3C3CC3)o2)s1. The van der Waals surface area contributed by atoms with Gasteiger partial charge in [-0.1, -0.05) is 17.8 Å². The zero-order valence-electron chi connectivity index (χ0n) is 13.3. The molecule has 0 saturated heterocycles. The Morgan fingerprint density at radius 2 is 2.08 bits per heavy atom. The lowest BCUT2D eigenvalue weighted by atomic mass is 10.4. The molecule has 0 aromatic carbocycles. The van der Waals surface area contributed by atoms with Crippen molar-refractivity contribution in [3.05, 3.63) is 39.3 Å². The Balaban J connectivity index is 1.35. The number of hydrogen-bond acceptors (Lipinski definition) is 8. The van der Waals surface area contributed by atoms with Crippen molar-refractivity contribution in [2.45, 2.75) is 29.8 Å². The molecule has 4 aromatic heterocycles. The zero-order chi connectivity index (χ0) is 17.5. The van der Waals surface area contributed by atoms with Crippen molar-refractivity contribution in [2.24, 2.45) is 0 Å². The standard InChI is InChI=1S/C16H12BrN5OS3/c17-12-6-5-11(26-12)15-20-18-13(23-15)8-25-16-21-19-14(10-2-1-7-24-10)22(16)9-3-4-9/h1-2,5-7,9H,3-4,8H2. The number of thiophene rings is 2. The number of halogens is 1. The smallest absolute Gasteiger partial charge is 0.257 e. The van der Waals surface area contributed by atoms with Gasteiger partial charge in [0.05, 0.1) is 19.3 Å². The van der Waals surface area contributed by atoms with E-state index in [1.807, 2.05) is 18.2 Å². The number of rotatable bonds is 6. The molecule has 132 valence electrons. The molecule has 5 rings (SSSR count). The molecule has 1 saturated carbocycles. The third kappa shape index (κ3) is 3.26. The molecule has 0 N–H and O–H groups in total. The van der Waals surface area contributed by atoms with Crippen LogP contribution in [0, 0.1) is 0 Å². The van der Waals surface area contributed by atoms with Crippen LogP contribution >= 0.6 is 50.4 Å². The maximum atomic E-state index is 5.79. The second-order valence-corrected chi connectivity index (χ2v) is 10.1. The molecule has 1 fully saturated rings. The van der Waals surface area contributed by atoms with Gasteiger partial charge in [-0.3, -0.25) is 4.57 Å². The van der Waals surface area contributed by atoms with E-state index in [9.17, 15) is 0 Å². The summed E-state index contributed by atoms with van der Waals surface area (Å²) in [6.45, 7) is 0. The van der Waals surface area contributed by atoms with Crippen molar-refractivity contribution in [3.8, 4) is 21.5 Å². The fourth-order valence-corrected chi connectivity index (χ4v) is 5.43. The third-order valence-electron chi connectivity index (χ3n) is 3.89. The van der Waals surface area contributed by atoms with E-state index in [0.29, 0.717) is 23.6 Å². The average Bonchev–Trinajstić information content (AvgIpc) is 3.13. The monoisotopic (exact) mass is 465 g/mol. The summed E-state index contributed by atoms with van der Waals surface area (Å²) in [6.07, 6.45) is 2.36. The molecule has 0 unspecified atom stereocenters. The van der Waals surface area contributed by atoms with E-state index >= 15 is 0 Å². The average molecular weight is 466 g/mol. The molecule has 10 heteroatoms. The van der Waals surface area contributed by atoms with Gasteiger partial charge < -0.3 is 4.42 Å². The number of nitrogens with zero attached hydrogens (tertiary/aromatic N) is 5. The van der Waals surface area contributed by atoms with E-state index in [4.69, 9.17) is 4.42 Å². The Morgan fingerprint density at radius 1 is 1.15 bits per heavy atom. The van der Waals surface area contributed by atoms with E-state index < -0.39 is 0 Å². The van der Waals surface area contributed by atoms with Gasteiger partial charge in [-0.25, -0.2) is 0 Å². The lowest BCUT2D eigenvalue weighted by molar-refractivity contribution is 0.529. The quantitative estimate of drug-likeness (QED) is 0.349. The van der Waals surface area contributed by atoms with Crippen LogP contribution in [-0.2, 0) is 5.75 Å². The summed E-state index contributed by atoms with van der Waals surface area (Å²) in [4.78, 5) is 2.11. The summed E-state index contributed by atoms with van der Waals surface area (Å²) in [5.74, 6) is 2.69. The second-order valence-electron chi connectivity index (χ2n) is 5.78. The van der Waals surface area contributed by atoms with Crippen LogP contribution in [0.4, 0.5) is 0 Å².